The molecule has 2 nitrogen and oxygen atoms in total. The summed E-state index contributed by atoms with van der Waals surface area (Å²) >= 11 is 0. The van der Waals surface area contributed by atoms with Crippen LogP contribution in [0.4, 0.5) is 0 Å². The highest BCUT2D eigenvalue weighted by Crippen LogP contribution is 2.31. The second-order valence-electron chi connectivity index (χ2n) is 3.78. The minimum absolute atomic E-state index is 0.553. The topological polar surface area (TPSA) is 32.6 Å². The van der Waals surface area contributed by atoms with Gasteiger partial charge in [0.1, 0.15) is 0 Å². The van der Waals surface area contributed by atoms with E-state index >= 15 is 0 Å². The molecule has 1 aliphatic rings. The fourth-order valence-corrected chi connectivity index (χ4v) is 1.81. The molecule has 0 bridgehead atoms. The van der Waals surface area contributed by atoms with E-state index in [0.717, 1.165) is 11.5 Å². The van der Waals surface area contributed by atoms with Crippen molar-refractivity contribution in [1.82, 2.24) is 0 Å². The largest absolute Gasteiger partial charge is 0.411 e. The number of rotatable bonds is 2. The average molecular weight is 167 g/mol. The number of oxime groups is 1. The molecular weight excluding hydrogens is 150 g/mol. The highest BCUT2D eigenvalue weighted by Gasteiger charge is 2.19. The molecule has 68 valence electrons. The van der Waals surface area contributed by atoms with E-state index in [0.29, 0.717) is 5.92 Å². The van der Waals surface area contributed by atoms with E-state index in [9.17, 15) is 0 Å². The zero-order chi connectivity index (χ0) is 8.97. The second kappa shape index (κ2) is 4.29. The fraction of sp³-hybridized carbons (Fsp3) is 0.700. The van der Waals surface area contributed by atoms with Gasteiger partial charge in [-0.1, -0.05) is 31.5 Å². The van der Waals surface area contributed by atoms with Crippen LogP contribution in [0.2, 0.25) is 0 Å². The molecule has 0 radical (unpaired) electrons. The highest BCUT2D eigenvalue weighted by molar-refractivity contribution is 5.77. The van der Waals surface area contributed by atoms with Crippen LogP contribution in [0.1, 0.15) is 32.6 Å². The normalized spacial score (nSPS) is 30.8. The Bertz CT molecular complexity index is 178. The lowest BCUT2D eigenvalue weighted by Gasteiger charge is -2.25. The average Bonchev–Trinajstić information content (AvgIpc) is 2.06. The summed E-state index contributed by atoms with van der Waals surface area (Å²) in [6.45, 7) is 6.17. The van der Waals surface area contributed by atoms with Gasteiger partial charge in [-0.15, -0.1) is 0 Å². The first-order chi connectivity index (χ1) is 5.74. The Balaban J connectivity index is 2.39. The zero-order valence-corrected chi connectivity index (χ0v) is 7.66. The number of allylic oxidation sites excluding steroid dienone is 1. The Labute approximate surface area is 74.0 Å². The number of hydrogen-bond acceptors (Lipinski definition) is 2. The SMILES string of the molecule is C=C(C=NO)C1CCC(C)CC1. The summed E-state index contributed by atoms with van der Waals surface area (Å²) in [7, 11) is 0. The quantitative estimate of drug-likeness (QED) is 0.383. The van der Waals surface area contributed by atoms with Crippen molar-refractivity contribution in [3.63, 3.8) is 0 Å². The Morgan fingerprint density at radius 1 is 1.42 bits per heavy atom. The Morgan fingerprint density at radius 2 is 2.00 bits per heavy atom. The lowest BCUT2D eigenvalue weighted by molar-refractivity contribution is 0.314. The molecule has 0 spiro atoms. The lowest BCUT2D eigenvalue weighted by Crippen LogP contribution is -2.14. The van der Waals surface area contributed by atoms with Crippen molar-refractivity contribution in [3.05, 3.63) is 12.2 Å². The second-order valence-corrected chi connectivity index (χ2v) is 3.78. The molecule has 0 aromatic carbocycles. The molecule has 2 heteroatoms. The van der Waals surface area contributed by atoms with Gasteiger partial charge in [0.25, 0.3) is 0 Å². The maximum Gasteiger partial charge on any atom is 0.0690 e. The maximum absolute atomic E-state index is 8.33. The molecule has 1 rings (SSSR count). The van der Waals surface area contributed by atoms with Crippen LogP contribution in [0.3, 0.4) is 0 Å². The van der Waals surface area contributed by atoms with Crippen LogP contribution >= 0.6 is 0 Å². The minimum atomic E-state index is 0.553. The van der Waals surface area contributed by atoms with E-state index < -0.39 is 0 Å². The van der Waals surface area contributed by atoms with Crippen LogP contribution in [0, 0.1) is 11.8 Å². The smallest absolute Gasteiger partial charge is 0.0690 e. The van der Waals surface area contributed by atoms with E-state index in [1.807, 2.05) is 0 Å². The van der Waals surface area contributed by atoms with Crippen LogP contribution in [0.5, 0.6) is 0 Å². The first-order valence-corrected chi connectivity index (χ1v) is 4.60. The maximum atomic E-state index is 8.33. The summed E-state index contributed by atoms with van der Waals surface area (Å²) in [6, 6.07) is 0. The van der Waals surface area contributed by atoms with E-state index in [4.69, 9.17) is 5.21 Å². The number of nitrogens with zero attached hydrogens (tertiary/aromatic N) is 1. The molecule has 12 heavy (non-hydrogen) atoms. The van der Waals surface area contributed by atoms with E-state index in [1.54, 1.807) is 0 Å². The van der Waals surface area contributed by atoms with E-state index in [2.05, 4.69) is 18.7 Å². The number of hydrogen-bond donors (Lipinski definition) is 1. The van der Waals surface area contributed by atoms with E-state index in [-0.39, 0.29) is 0 Å². The van der Waals surface area contributed by atoms with Gasteiger partial charge in [0.2, 0.25) is 0 Å². The molecule has 0 aliphatic heterocycles. The highest BCUT2D eigenvalue weighted by atomic mass is 16.4. The van der Waals surface area contributed by atoms with Gasteiger partial charge in [-0.05, 0) is 30.3 Å². The van der Waals surface area contributed by atoms with Crippen LogP contribution in [-0.2, 0) is 0 Å². The van der Waals surface area contributed by atoms with Gasteiger partial charge in [-0.2, -0.15) is 0 Å². The van der Waals surface area contributed by atoms with Crippen molar-refractivity contribution in [2.75, 3.05) is 0 Å². The third kappa shape index (κ3) is 2.36. The Morgan fingerprint density at radius 3 is 2.50 bits per heavy atom. The summed E-state index contributed by atoms with van der Waals surface area (Å²) in [4.78, 5) is 0. The van der Waals surface area contributed by atoms with Gasteiger partial charge in [0.15, 0.2) is 0 Å². The van der Waals surface area contributed by atoms with Crippen LogP contribution in [0.15, 0.2) is 17.3 Å². The fourth-order valence-electron chi connectivity index (χ4n) is 1.81. The molecule has 0 atom stereocenters. The molecule has 1 aliphatic carbocycles. The molecule has 0 aromatic heterocycles. The zero-order valence-electron chi connectivity index (χ0n) is 7.66. The molecule has 1 fully saturated rings. The van der Waals surface area contributed by atoms with Gasteiger partial charge < -0.3 is 5.21 Å². The molecule has 0 aromatic rings. The Hall–Kier alpha value is -0.790. The summed E-state index contributed by atoms with van der Waals surface area (Å²) in [5, 5.41) is 11.3. The van der Waals surface area contributed by atoms with Crippen molar-refractivity contribution in [2.45, 2.75) is 32.6 Å². The van der Waals surface area contributed by atoms with Crippen molar-refractivity contribution < 1.29 is 5.21 Å². The lowest BCUT2D eigenvalue weighted by atomic mass is 9.80. The molecule has 1 saturated carbocycles. The molecule has 0 saturated heterocycles. The summed E-state index contributed by atoms with van der Waals surface area (Å²) in [5.41, 5.74) is 0.976. The summed E-state index contributed by atoms with van der Waals surface area (Å²) < 4.78 is 0. The standard InChI is InChI=1S/C10H17NO/c1-8-3-5-10(6-4-8)9(2)7-11-12/h7-8,10,12H,2-6H2,1H3. The van der Waals surface area contributed by atoms with Crippen molar-refractivity contribution in [1.29, 1.82) is 0 Å². The van der Waals surface area contributed by atoms with Crippen LogP contribution in [-0.4, -0.2) is 11.4 Å². The van der Waals surface area contributed by atoms with Gasteiger partial charge in [0.05, 0.1) is 6.21 Å². The molecule has 0 heterocycles. The third-order valence-corrected chi connectivity index (χ3v) is 2.76. The minimum Gasteiger partial charge on any atom is -0.411 e. The van der Waals surface area contributed by atoms with Crippen LogP contribution in [0.25, 0.3) is 0 Å². The molecular formula is C10H17NO. The van der Waals surface area contributed by atoms with Gasteiger partial charge in [-0.3, -0.25) is 0 Å². The van der Waals surface area contributed by atoms with Gasteiger partial charge >= 0.3 is 0 Å². The Kier molecular flexibility index (Phi) is 3.32. The van der Waals surface area contributed by atoms with E-state index in [1.165, 1.54) is 31.9 Å². The van der Waals surface area contributed by atoms with Crippen molar-refractivity contribution in [2.24, 2.45) is 17.0 Å². The summed E-state index contributed by atoms with van der Waals surface area (Å²) in [6.07, 6.45) is 6.44. The molecule has 0 unspecified atom stereocenters. The predicted molar refractivity (Wildman–Crippen MR) is 50.5 cm³/mol. The molecule has 0 amide bonds. The van der Waals surface area contributed by atoms with Gasteiger partial charge in [-0.25, -0.2) is 0 Å². The first kappa shape index (κ1) is 9.30. The summed E-state index contributed by atoms with van der Waals surface area (Å²) in [5.74, 6) is 1.41. The van der Waals surface area contributed by atoms with Crippen molar-refractivity contribution in [3.8, 4) is 0 Å². The third-order valence-electron chi connectivity index (χ3n) is 2.76. The predicted octanol–water partition coefficient (Wildman–Crippen LogP) is 2.83. The molecule has 1 N–H and O–H groups in total. The van der Waals surface area contributed by atoms with Crippen LogP contribution < -0.4 is 0 Å². The monoisotopic (exact) mass is 167 g/mol. The van der Waals surface area contributed by atoms with Gasteiger partial charge in [0, 0.05) is 0 Å². The first-order valence-electron chi connectivity index (χ1n) is 4.60. The van der Waals surface area contributed by atoms with Crippen molar-refractivity contribution >= 4 is 6.21 Å².